The standard InChI is InChI=1S/C2H3O.4CO.Al.3BrH.Mn/c1-2-3;4*1-2;;;;;/h1H3;;;;;;3*1H;/q-1;;;;;+3;;;;/p-3. The van der Waals surface area contributed by atoms with Gasteiger partial charge in [-0.1, -0.05) is 0 Å². The zero-order chi connectivity index (χ0) is 14.3. The van der Waals surface area contributed by atoms with Crippen molar-refractivity contribution in [3.05, 3.63) is 26.6 Å². The Bertz CT molecular complexity index is 132. The first-order chi connectivity index (χ1) is 7.15. The summed E-state index contributed by atoms with van der Waals surface area (Å²) in [4.78, 5) is 8.68. The van der Waals surface area contributed by atoms with Gasteiger partial charge in [0.2, 0.25) is 0 Å². The Kier molecular flexibility index (Phi) is 382. The second-order valence-electron chi connectivity index (χ2n) is 0.452. The quantitative estimate of drug-likeness (QED) is 0.299. The van der Waals surface area contributed by atoms with Crippen LogP contribution < -0.4 is 0 Å². The number of hydrogen-bond donors (Lipinski definition) is 0. The summed E-state index contributed by atoms with van der Waals surface area (Å²) in [6.07, 6.45) is 1.50. The van der Waals surface area contributed by atoms with Crippen molar-refractivity contribution in [3.63, 3.8) is 0 Å². The Hall–Kier alpha value is 1.12. The first kappa shape index (κ1) is 43.4. The maximum absolute atomic E-state index is 8.68. The molecule has 0 atom stereocenters. The van der Waals surface area contributed by atoms with Gasteiger partial charge in [-0.15, -0.1) is 0 Å². The van der Waals surface area contributed by atoms with Crippen LogP contribution in [0.25, 0.3) is 0 Å². The third-order valence-corrected chi connectivity index (χ3v) is 0. The first-order valence-electron chi connectivity index (χ1n) is 2.18. The molecule has 0 N–H and O–H groups in total. The molecule has 0 bridgehead atoms. The molecule has 16 heavy (non-hydrogen) atoms. The minimum atomic E-state index is -0.701. The Morgan fingerprint density at radius 1 is 0.875 bits per heavy atom. The summed E-state index contributed by atoms with van der Waals surface area (Å²) in [6, 6.07) is 0. The summed E-state index contributed by atoms with van der Waals surface area (Å²) in [7, 11) is -0.701. The Morgan fingerprint density at radius 2 is 0.875 bits per heavy atom. The molecule has 0 rings (SSSR count). The molecular weight excluding hydrogens is 474 g/mol. The van der Waals surface area contributed by atoms with Gasteiger partial charge in [-0.2, -0.15) is 49.1 Å². The molecule has 89 valence electrons. The van der Waals surface area contributed by atoms with Gasteiger partial charge in [0.15, 0.2) is 0 Å². The Balaban J connectivity index is -0.0000000124. The van der Waals surface area contributed by atoms with Crippen LogP contribution in [0.2, 0.25) is 0 Å². The number of carbonyl (C=O) groups excluding carboxylic acids is 1. The van der Waals surface area contributed by atoms with Gasteiger partial charge in [-0.05, 0) is 0 Å². The molecule has 1 radical (unpaired) electrons. The van der Waals surface area contributed by atoms with Gasteiger partial charge < -0.3 is 4.79 Å². The van der Waals surface area contributed by atoms with E-state index < -0.39 is 8.67 Å². The second kappa shape index (κ2) is 141. The van der Waals surface area contributed by atoms with E-state index in [4.69, 9.17) is 23.4 Å². The van der Waals surface area contributed by atoms with Gasteiger partial charge in [0.25, 0.3) is 0 Å². The minimum Gasteiger partial charge on any atom is 0 e. The Labute approximate surface area is 130 Å². The maximum atomic E-state index is 8.68. The minimum absolute atomic E-state index is 0. The van der Waals surface area contributed by atoms with Crippen LogP contribution in [-0.2, 0) is 40.5 Å². The normalized spacial score (nSPS) is 3.00. The Morgan fingerprint density at radius 3 is 0.875 bits per heavy atom. The summed E-state index contributed by atoms with van der Waals surface area (Å²) in [5.41, 5.74) is 0. The molecule has 0 fully saturated rings. The van der Waals surface area contributed by atoms with Crippen molar-refractivity contribution in [3.8, 4) is 0 Å². The molecule has 0 unspecified atom stereocenters. The molecule has 0 aromatic heterocycles. The predicted molar refractivity (Wildman–Crippen MR) is 59.6 cm³/mol. The van der Waals surface area contributed by atoms with Crippen LogP contribution in [0.4, 0.5) is 0 Å². The molecule has 0 heterocycles. The molecule has 0 saturated carbocycles. The molecular formula is C6H3AlBr3MnO5-. The largest absolute Gasteiger partial charge is 0 e. The first-order valence-corrected chi connectivity index (χ1v) is 11.7. The smallest absolute Gasteiger partial charge is 0 e. The molecule has 10 heteroatoms. The number of rotatable bonds is 0. The predicted octanol–water partition coefficient (Wildman–Crippen LogP) is 2.12. The van der Waals surface area contributed by atoms with E-state index >= 15 is 0 Å². The second-order valence-corrected chi connectivity index (χ2v) is 20.2. The van der Waals surface area contributed by atoms with E-state index in [0.717, 1.165) is 0 Å². The zero-order valence-electron chi connectivity index (χ0n) is 7.63. The van der Waals surface area contributed by atoms with Gasteiger partial charge in [0.05, 0.1) is 0 Å². The fraction of sp³-hybridized carbons (Fsp3) is 0.167. The van der Waals surface area contributed by atoms with Gasteiger partial charge in [0, 0.05) is 17.1 Å². The molecule has 0 aromatic rings. The molecule has 0 aromatic carbocycles. The monoisotopic (exact) mass is 474 g/mol. The average molecular weight is 477 g/mol. The van der Waals surface area contributed by atoms with Crippen molar-refractivity contribution >= 4 is 57.1 Å². The molecule has 0 aliphatic carbocycles. The van der Waals surface area contributed by atoms with Gasteiger partial charge in [-0.25, -0.2) is 0 Å². The SMILES string of the molecule is C[C-]=O.[Br][Al]([Br])[Br].[C-]#[O+].[C-]#[O+].[C-]#[O+].[C-]#[O+].[Mn]. The average Bonchev–Trinajstić information content (AvgIpc) is 2.29. The van der Waals surface area contributed by atoms with Crippen LogP contribution in [0.15, 0.2) is 0 Å². The topological polar surface area (TPSA) is 96.7 Å². The summed E-state index contributed by atoms with van der Waals surface area (Å²) < 4.78 is 30.0. The molecule has 0 amide bonds. The third-order valence-electron chi connectivity index (χ3n) is 0. The number of halogens is 3. The fourth-order valence-corrected chi connectivity index (χ4v) is 0. The van der Waals surface area contributed by atoms with Crippen molar-refractivity contribution in [1.82, 2.24) is 0 Å². The summed E-state index contributed by atoms with van der Waals surface area (Å²) in [5, 5.41) is 0. The van der Waals surface area contributed by atoms with Gasteiger partial charge >= 0.3 is 53.9 Å². The van der Waals surface area contributed by atoms with E-state index in [1.54, 1.807) is 0 Å². The van der Waals surface area contributed by atoms with Crippen molar-refractivity contribution in [2.45, 2.75) is 6.92 Å². The van der Waals surface area contributed by atoms with Crippen LogP contribution >= 0.6 is 42.2 Å². The van der Waals surface area contributed by atoms with Gasteiger partial charge in [-0.3, -0.25) is 6.29 Å². The summed E-state index contributed by atoms with van der Waals surface area (Å²) in [6.45, 7) is 19.3. The molecule has 5 nitrogen and oxygen atoms in total. The van der Waals surface area contributed by atoms with Crippen LogP contribution in [0.5, 0.6) is 0 Å². The summed E-state index contributed by atoms with van der Waals surface area (Å²) >= 11 is 9.73. The molecule has 0 aliphatic rings. The van der Waals surface area contributed by atoms with E-state index in [1.807, 2.05) is 0 Å². The molecule has 0 spiro atoms. The molecule has 0 aliphatic heterocycles. The van der Waals surface area contributed by atoms with E-state index in [9.17, 15) is 0 Å². The van der Waals surface area contributed by atoms with Crippen LogP contribution in [0, 0.1) is 26.6 Å². The van der Waals surface area contributed by atoms with Crippen molar-refractivity contribution in [2.75, 3.05) is 0 Å². The van der Waals surface area contributed by atoms with Gasteiger partial charge in [0.1, 0.15) is 0 Å². The third kappa shape index (κ3) is 2400. The van der Waals surface area contributed by atoms with E-state index in [2.05, 4.69) is 68.8 Å². The van der Waals surface area contributed by atoms with E-state index in [-0.39, 0.29) is 17.1 Å². The molecule has 0 saturated heterocycles. The summed E-state index contributed by atoms with van der Waals surface area (Å²) in [5.74, 6) is 0. The van der Waals surface area contributed by atoms with Crippen molar-refractivity contribution < 1.29 is 40.5 Å². The zero-order valence-corrected chi connectivity index (χ0v) is 14.7. The van der Waals surface area contributed by atoms with Crippen molar-refractivity contribution in [2.24, 2.45) is 0 Å². The number of hydrogen-bond acceptors (Lipinski definition) is 1. The van der Waals surface area contributed by atoms with Crippen LogP contribution in [0.1, 0.15) is 6.92 Å². The van der Waals surface area contributed by atoms with E-state index in [0.29, 0.717) is 0 Å². The van der Waals surface area contributed by atoms with Crippen LogP contribution in [0.3, 0.4) is 0 Å². The fourth-order valence-electron chi connectivity index (χ4n) is 0. The van der Waals surface area contributed by atoms with Crippen molar-refractivity contribution in [1.29, 1.82) is 0 Å². The maximum Gasteiger partial charge on any atom is 0 e. The van der Waals surface area contributed by atoms with E-state index in [1.165, 1.54) is 13.2 Å². The van der Waals surface area contributed by atoms with Crippen LogP contribution in [-0.4, -0.2) is 15.0 Å².